The van der Waals surface area contributed by atoms with E-state index in [9.17, 15) is 24.5 Å². The van der Waals surface area contributed by atoms with Gasteiger partial charge in [0.25, 0.3) is 17.5 Å². The van der Waals surface area contributed by atoms with Crippen molar-refractivity contribution in [2.24, 2.45) is 0 Å². The van der Waals surface area contributed by atoms with Gasteiger partial charge in [0.05, 0.1) is 22.6 Å². The zero-order valence-corrected chi connectivity index (χ0v) is 14.1. The molecule has 0 fully saturated rings. The molecule has 0 saturated heterocycles. The molecule has 0 bridgehead atoms. The lowest BCUT2D eigenvalue weighted by Gasteiger charge is -2.13. The van der Waals surface area contributed by atoms with Crippen LogP contribution in [0.4, 0.5) is 5.69 Å². The number of nitrogens with one attached hydrogen (secondary N) is 1. The van der Waals surface area contributed by atoms with Crippen LogP contribution in [0.15, 0.2) is 48.5 Å². The van der Waals surface area contributed by atoms with E-state index >= 15 is 0 Å². The standard InChI is InChI=1S/C18H15N3O6/c22-16(19-8-9-27-13-4-2-1-3-5-13)11-20-17(23)14-7-6-12(21(25)26)10-15(14)18(20)24/h1-7,10H,8-9,11H2,(H,19,22). The molecule has 138 valence electrons. The fourth-order valence-electron chi connectivity index (χ4n) is 2.61. The molecule has 2 aromatic rings. The summed E-state index contributed by atoms with van der Waals surface area (Å²) in [6, 6.07) is 12.5. The van der Waals surface area contributed by atoms with E-state index in [-0.39, 0.29) is 30.0 Å². The minimum atomic E-state index is -0.727. The van der Waals surface area contributed by atoms with Gasteiger partial charge in [0.2, 0.25) is 5.91 Å². The normalized spacial score (nSPS) is 12.7. The highest BCUT2D eigenvalue weighted by Gasteiger charge is 2.37. The molecule has 3 rings (SSSR count). The Bertz CT molecular complexity index is 913. The molecule has 0 aliphatic carbocycles. The summed E-state index contributed by atoms with van der Waals surface area (Å²) < 4.78 is 5.43. The van der Waals surface area contributed by atoms with Crippen molar-refractivity contribution in [3.8, 4) is 5.75 Å². The van der Waals surface area contributed by atoms with Crippen LogP contribution in [0.1, 0.15) is 20.7 Å². The van der Waals surface area contributed by atoms with Crippen molar-refractivity contribution < 1.29 is 24.0 Å². The number of ether oxygens (including phenoxy) is 1. The van der Waals surface area contributed by atoms with Crippen LogP contribution in [0, 0.1) is 10.1 Å². The number of hydrogen-bond acceptors (Lipinski definition) is 6. The van der Waals surface area contributed by atoms with Gasteiger partial charge in [-0.2, -0.15) is 0 Å². The van der Waals surface area contributed by atoms with Crippen molar-refractivity contribution in [3.63, 3.8) is 0 Å². The molecule has 1 aliphatic rings. The second-order valence-corrected chi connectivity index (χ2v) is 5.69. The molecule has 0 radical (unpaired) electrons. The molecule has 9 nitrogen and oxygen atoms in total. The molecule has 1 N–H and O–H groups in total. The van der Waals surface area contributed by atoms with Crippen LogP contribution in [-0.4, -0.2) is 47.2 Å². The van der Waals surface area contributed by atoms with Crippen LogP contribution in [-0.2, 0) is 4.79 Å². The number of hydrogen-bond donors (Lipinski definition) is 1. The summed E-state index contributed by atoms with van der Waals surface area (Å²) in [6.07, 6.45) is 0. The number of imide groups is 1. The average molecular weight is 369 g/mol. The maximum absolute atomic E-state index is 12.3. The highest BCUT2D eigenvalue weighted by molar-refractivity contribution is 6.22. The number of carbonyl (C=O) groups excluding carboxylic acids is 3. The average Bonchev–Trinajstić information content (AvgIpc) is 2.90. The number of para-hydroxylation sites is 1. The Balaban J connectivity index is 1.54. The largest absolute Gasteiger partial charge is 0.492 e. The maximum Gasteiger partial charge on any atom is 0.270 e. The van der Waals surface area contributed by atoms with Gasteiger partial charge in [-0.05, 0) is 18.2 Å². The number of benzene rings is 2. The predicted molar refractivity (Wildman–Crippen MR) is 93.4 cm³/mol. The zero-order chi connectivity index (χ0) is 19.4. The summed E-state index contributed by atoms with van der Waals surface area (Å²) in [6.45, 7) is -0.0437. The van der Waals surface area contributed by atoms with Gasteiger partial charge in [-0.3, -0.25) is 29.4 Å². The summed E-state index contributed by atoms with van der Waals surface area (Å²) in [5.74, 6) is -1.25. The lowest BCUT2D eigenvalue weighted by molar-refractivity contribution is -0.384. The zero-order valence-electron chi connectivity index (χ0n) is 14.1. The van der Waals surface area contributed by atoms with Crippen molar-refractivity contribution in [2.45, 2.75) is 0 Å². The number of rotatable bonds is 7. The monoisotopic (exact) mass is 369 g/mol. The quantitative estimate of drug-likeness (QED) is 0.341. The number of amides is 3. The van der Waals surface area contributed by atoms with Crippen molar-refractivity contribution in [3.05, 3.63) is 69.8 Å². The third kappa shape index (κ3) is 3.92. The molecule has 0 unspecified atom stereocenters. The molecule has 0 spiro atoms. The summed E-state index contributed by atoms with van der Waals surface area (Å²) in [5.41, 5.74) is -0.320. The van der Waals surface area contributed by atoms with Crippen LogP contribution in [0.3, 0.4) is 0 Å². The Morgan fingerprint density at radius 1 is 1.07 bits per heavy atom. The highest BCUT2D eigenvalue weighted by Crippen LogP contribution is 2.26. The Morgan fingerprint density at radius 3 is 2.48 bits per heavy atom. The van der Waals surface area contributed by atoms with Crippen LogP contribution >= 0.6 is 0 Å². The number of fused-ring (bicyclic) bond motifs is 1. The minimum absolute atomic E-state index is 0.0470. The predicted octanol–water partition coefficient (Wildman–Crippen LogP) is 1.39. The lowest BCUT2D eigenvalue weighted by Crippen LogP contribution is -2.41. The van der Waals surface area contributed by atoms with Crippen molar-refractivity contribution in [1.29, 1.82) is 0 Å². The molecule has 1 aliphatic heterocycles. The molecule has 0 aromatic heterocycles. The molecule has 27 heavy (non-hydrogen) atoms. The molecule has 0 atom stereocenters. The minimum Gasteiger partial charge on any atom is -0.492 e. The first-order chi connectivity index (χ1) is 13.0. The van der Waals surface area contributed by atoms with E-state index in [1.165, 1.54) is 6.07 Å². The van der Waals surface area contributed by atoms with E-state index in [4.69, 9.17) is 4.74 Å². The molecule has 3 amide bonds. The third-order valence-electron chi connectivity index (χ3n) is 3.90. The molecule has 1 heterocycles. The van der Waals surface area contributed by atoms with Crippen molar-refractivity contribution in [2.75, 3.05) is 19.7 Å². The van der Waals surface area contributed by atoms with Crippen LogP contribution in [0.25, 0.3) is 0 Å². The Labute approximate surface area is 153 Å². The number of non-ortho nitro benzene ring substituents is 1. The highest BCUT2D eigenvalue weighted by atomic mass is 16.6. The number of nitrogens with zero attached hydrogens (tertiary/aromatic N) is 2. The Hall–Kier alpha value is -3.75. The summed E-state index contributed by atoms with van der Waals surface area (Å²) in [7, 11) is 0. The fraction of sp³-hybridized carbons (Fsp3) is 0.167. The SMILES string of the molecule is O=C(CN1C(=O)c2ccc([N+](=O)[O-])cc2C1=O)NCCOc1ccccc1. The van der Waals surface area contributed by atoms with Gasteiger partial charge in [-0.1, -0.05) is 18.2 Å². The van der Waals surface area contributed by atoms with Gasteiger partial charge in [-0.15, -0.1) is 0 Å². The van der Waals surface area contributed by atoms with Crippen molar-refractivity contribution in [1.82, 2.24) is 10.2 Å². The lowest BCUT2D eigenvalue weighted by atomic mass is 10.1. The summed E-state index contributed by atoms with van der Waals surface area (Å²) >= 11 is 0. The van der Waals surface area contributed by atoms with Gasteiger partial charge in [0, 0.05) is 12.1 Å². The van der Waals surface area contributed by atoms with Gasteiger partial charge >= 0.3 is 0 Å². The first kappa shape index (κ1) is 18.1. The second kappa shape index (κ2) is 7.65. The molecular formula is C18H15N3O6. The topological polar surface area (TPSA) is 119 Å². The molecular weight excluding hydrogens is 354 g/mol. The van der Waals surface area contributed by atoms with E-state index in [2.05, 4.69) is 5.32 Å². The molecule has 9 heteroatoms. The van der Waals surface area contributed by atoms with Gasteiger partial charge in [0.15, 0.2) is 0 Å². The van der Waals surface area contributed by atoms with Gasteiger partial charge in [0.1, 0.15) is 18.9 Å². The fourth-order valence-corrected chi connectivity index (χ4v) is 2.61. The first-order valence-corrected chi connectivity index (χ1v) is 8.06. The number of nitro groups is 1. The molecule has 0 saturated carbocycles. The first-order valence-electron chi connectivity index (χ1n) is 8.06. The van der Waals surface area contributed by atoms with E-state index in [0.717, 1.165) is 17.0 Å². The smallest absolute Gasteiger partial charge is 0.270 e. The maximum atomic E-state index is 12.3. The van der Waals surface area contributed by atoms with Gasteiger partial charge in [-0.25, -0.2) is 0 Å². The number of carbonyl (C=O) groups is 3. The van der Waals surface area contributed by atoms with E-state index in [1.807, 2.05) is 18.2 Å². The Morgan fingerprint density at radius 2 is 1.78 bits per heavy atom. The van der Waals surface area contributed by atoms with Crippen LogP contribution in [0.5, 0.6) is 5.75 Å². The Kier molecular flexibility index (Phi) is 5.11. The van der Waals surface area contributed by atoms with E-state index < -0.39 is 29.2 Å². The van der Waals surface area contributed by atoms with E-state index in [0.29, 0.717) is 5.75 Å². The third-order valence-corrected chi connectivity index (χ3v) is 3.90. The van der Waals surface area contributed by atoms with Crippen molar-refractivity contribution >= 4 is 23.4 Å². The second-order valence-electron chi connectivity index (χ2n) is 5.69. The number of nitro benzene ring substituents is 1. The van der Waals surface area contributed by atoms with Gasteiger partial charge < -0.3 is 10.1 Å². The summed E-state index contributed by atoms with van der Waals surface area (Å²) in [4.78, 5) is 47.5. The summed E-state index contributed by atoms with van der Waals surface area (Å²) in [5, 5.41) is 13.4. The van der Waals surface area contributed by atoms with Crippen LogP contribution in [0.2, 0.25) is 0 Å². The van der Waals surface area contributed by atoms with Crippen LogP contribution < -0.4 is 10.1 Å². The van der Waals surface area contributed by atoms with E-state index in [1.54, 1.807) is 12.1 Å². The molecule has 2 aromatic carbocycles.